The summed E-state index contributed by atoms with van der Waals surface area (Å²) in [5.41, 5.74) is 6.20. The van der Waals surface area contributed by atoms with Crippen LogP contribution in [0.4, 0.5) is 5.69 Å². The summed E-state index contributed by atoms with van der Waals surface area (Å²) in [6.07, 6.45) is 0.782. The zero-order valence-corrected chi connectivity index (χ0v) is 11.9. The molecule has 0 saturated carbocycles. The van der Waals surface area contributed by atoms with Crippen LogP contribution < -0.4 is 15.8 Å². The van der Waals surface area contributed by atoms with Gasteiger partial charge in [-0.2, -0.15) is 0 Å². The van der Waals surface area contributed by atoms with Crippen LogP contribution in [0.3, 0.4) is 0 Å². The molecule has 3 N–H and O–H groups in total. The average molecular weight is 279 g/mol. The Hall–Kier alpha value is -2.24. The molecule has 20 heavy (non-hydrogen) atoms. The third-order valence-electron chi connectivity index (χ3n) is 2.70. The van der Waals surface area contributed by atoms with Gasteiger partial charge < -0.3 is 20.7 Å². The van der Waals surface area contributed by atoms with Gasteiger partial charge in [0.05, 0.1) is 6.54 Å². The lowest BCUT2D eigenvalue weighted by Crippen LogP contribution is -2.42. The summed E-state index contributed by atoms with van der Waals surface area (Å²) in [7, 11) is 1.54. The van der Waals surface area contributed by atoms with E-state index in [4.69, 9.17) is 10.5 Å². The van der Waals surface area contributed by atoms with Gasteiger partial charge in [-0.25, -0.2) is 0 Å². The number of carbonyl (C=O) groups is 2. The van der Waals surface area contributed by atoms with Crippen molar-refractivity contribution >= 4 is 17.5 Å². The molecule has 0 aliphatic heterocycles. The van der Waals surface area contributed by atoms with Crippen molar-refractivity contribution in [1.29, 1.82) is 0 Å². The molecule has 0 aliphatic carbocycles. The molecule has 0 fully saturated rings. The quantitative estimate of drug-likeness (QED) is 0.717. The third-order valence-corrected chi connectivity index (χ3v) is 2.70. The number of nitrogens with two attached hydrogens (primary N) is 1. The Kier molecular flexibility index (Phi) is 6.36. The number of carbonyl (C=O) groups excluding carboxylic acids is 2. The van der Waals surface area contributed by atoms with Crippen LogP contribution in [0.5, 0.6) is 5.75 Å². The van der Waals surface area contributed by atoms with Crippen LogP contribution in [-0.2, 0) is 9.59 Å². The maximum atomic E-state index is 12.0. The maximum Gasteiger partial charge on any atom is 0.260 e. The molecule has 0 spiro atoms. The highest BCUT2D eigenvalue weighted by molar-refractivity contribution is 5.85. The Bertz CT molecular complexity index is 445. The van der Waals surface area contributed by atoms with Gasteiger partial charge in [-0.1, -0.05) is 6.92 Å². The Balaban J connectivity index is 2.52. The molecule has 0 radical (unpaired) electrons. The number of anilines is 1. The molecule has 0 bridgehead atoms. The van der Waals surface area contributed by atoms with Crippen LogP contribution in [0.2, 0.25) is 0 Å². The average Bonchev–Trinajstić information content (AvgIpc) is 2.45. The Labute approximate surface area is 118 Å². The number of benzene rings is 1. The summed E-state index contributed by atoms with van der Waals surface area (Å²) in [6, 6.07) is 6.80. The minimum Gasteiger partial charge on any atom is -0.484 e. The van der Waals surface area contributed by atoms with Crippen LogP contribution >= 0.6 is 0 Å². The fraction of sp³-hybridized carbons (Fsp3) is 0.429. The fourth-order valence-corrected chi connectivity index (χ4v) is 1.61. The van der Waals surface area contributed by atoms with Gasteiger partial charge in [0.25, 0.3) is 5.91 Å². The molecule has 0 unspecified atom stereocenters. The number of rotatable bonds is 7. The van der Waals surface area contributed by atoms with Gasteiger partial charge in [0.1, 0.15) is 5.75 Å². The lowest BCUT2D eigenvalue weighted by Gasteiger charge is -2.21. The van der Waals surface area contributed by atoms with E-state index in [2.05, 4.69) is 5.32 Å². The van der Waals surface area contributed by atoms with Crippen molar-refractivity contribution in [1.82, 2.24) is 10.2 Å². The van der Waals surface area contributed by atoms with E-state index < -0.39 is 0 Å². The number of likely N-dealkylation sites (N-methyl/N-ethyl adjacent to an activating group) is 1. The van der Waals surface area contributed by atoms with E-state index in [0.29, 0.717) is 18.0 Å². The van der Waals surface area contributed by atoms with Crippen molar-refractivity contribution in [2.45, 2.75) is 13.3 Å². The predicted octanol–water partition coefficient (Wildman–Crippen LogP) is 0.632. The van der Waals surface area contributed by atoms with Crippen molar-refractivity contribution in [2.24, 2.45) is 0 Å². The van der Waals surface area contributed by atoms with E-state index in [9.17, 15) is 9.59 Å². The smallest absolute Gasteiger partial charge is 0.260 e. The van der Waals surface area contributed by atoms with Crippen LogP contribution in [0.25, 0.3) is 0 Å². The third kappa shape index (κ3) is 5.17. The van der Waals surface area contributed by atoms with Gasteiger partial charge in [0, 0.05) is 19.3 Å². The number of amides is 2. The summed E-state index contributed by atoms with van der Waals surface area (Å²) < 4.78 is 5.39. The Morgan fingerprint density at radius 3 is 2.50 bits per heavy atom. The summed E-state index contributed by atoms with van der Waals surface area (Å²) >= 11 is 0. The minimum absolute atomic E-state index is 0.0499. The van der Waals surface area contributed by atoms with E-state index in [0.717, 1.165) is 6.42 Å². The molecule has 0 heterocycles. The van der Waals surface area contributed by atoms with Gasteiger partial charge in [0.15, 0.2) is 6.61 Å². The molecule has 6 heteroatoms. The molecule has 6 nitrogen and oxygen atoms in total. The maximum absolute atomic E-state index is 12.0. The van der Waals surface area contributed by atoms with Crippen LogP contribution in [-0.4, -0.2) is 43.5 Å². The first-order valence-electron chi connectivity index (χ1n) is 6.53. The van der Waals surface area contributed by atoms with Gasteiger partial charge in [0.2, 0.25) is 5.91 Å². The molecule has 0 aromatic heterocycles. The molecular formula is C14H21N3O3. The van der Waals surface area contributed by atoms with E-state index in [1.165, 1.54) is 4.90 Å². The monoisotopic (exact) mass is 279 g/mol. The Morgan fingerprint density at radius 1 is 1.30 bits per heavy atom. The second-order valence-corrected chi connectivity index (χ2v) is 4.35. The molecule has 0 aliphatic rings. The SMILES string of the molecule is CCCN(CC(=O)NC)C(=O)COc1ccc(N)cc1. The zero-order chi connectivity index (χ0) is 15.0. The number of hydrogen-bond donors (Lipinski definition) is 2. The van der Waals surface area contributed by atoms with Gasteiger partial charge in [-0.3, -0.25) is 9.59 Å². The standard InChI is InChI=1S/C14H21N3O3/c1-3-8-17(9-13(18)16-2)14(19)10-20-12-6-4-11(15)5-7-12/h4-7H,3,8-10,15H2,1-2H3,(H,16,18). The molecular weight excluding hydrogens is 258 g/mol. The number of ether oxygens (including phenoxy) is 1. The predicted molar refractivity (Wildman–Crippen MR) is 77.3 cm³/mol. The van der Waals surface area contributed by atoms with Crippen LogP contribution in [0.1, 0.15) is 13.3 Å². The summed E-state index contributed by atoms with van der Waals surface area (Å²) in [6.45, 7) is 2.43. The molecule has 0 atom stereocenters. The largest absolute Gasteiger partial charge is 0.484 e. The first-order valence-corrected chi connectivity index (χ1v) is 6.53. The number of nitrogens with zero attached hydrogens (tertiary/aromatic N) is 1. The molecule has 1 rings (SSSR count). The van der Waals surface area contributed by atoms with Crippen molar-refractivity contribution < 1.29 is 14.3 Å². The number of nitrogen functional groups attached to an aromatic ring is 1. The second kappa shape index (κ2) is 8.04. The second-order valence-electron chi connectivity index (χ2n) is 4.35. The zero-order valence-electron chi connectivity index (χ0n) is 11.9. The summed E-state index contributed by atoms with van der Waals surface area (Å²) in [4.78, 5) is 24.9. The van der Waals surface area contributed by atoms with E-state index in [1.807, 2.05) is 6.92 Å². The highest BCUT2D eigenvalue weighted by atomic mass is 16.5. The topological polar surface area (TPSA) is 84.7 Å². The summed E-state index contributed by atoms with van der Waals surface area (Å²) in [5.74, 6) is 0.163. The van der Waals surface area contributed by atoms with Crippen molar-refractivity contribution in [2.75, 3.05) is 32.5 Å². The van der Waals surface area contributed by atoms with Gasteiger partial charge >= 0.3 is 0 Å². The Morgan fingerprint density at radius 2 is 1.95 bits per heavy atom. The highest BCUT2D eigenvalue weighted by Gasteiger charge is 2.16. The van der Waals surface area contributed by atoms with E-state index in [-0.39, 0.29) is 25.0 Å². The molecule has 1 aromatic carbocycles. The van der Waals surface area contributed by atoms with Gasteiger partial charge in [-0.15, -0.1) is 0 Å². The van der Waals surface area contributed by atoms with Crippen LogP contribution in [0.15, 0.2) is 24.3 Å². The van der Waals surface area contributed by atoms with E-state index in [1.54, 1.807) is 31.3 Å². The first-order chi connectivity index (χ1) is 9.56. The van der Waals surface area contributed by atoms with Crippen LogP contribution in [0, 0.1) is 0 Å². The van der Waals surface area contributed by atoms with Crippen molar-refractivity contribution in [3.8, 4) is 5.75 Å². The fourth-order valence-electron chi connectivity index (χ4n) is 1.61. The minimum atomic E-state index is -0.215. The normalized spacial score (nSPS) is 9.90. The first kappa shape index (κ1) is 15.8. The molecule has 0 saturated heterocycles. The summed E-state index contributed by atoms with van der Waals surface area (Å²) in [5, 5.41) is 2.50. The van der Waals surface area contributed by atoms with Crippen molar-refractivity contribution in [3.63, 3.8) is 0 Å². The molecule has 1 aromatic rings. The molecule has 2 amide bonds. The van der Waals surface area contributed by atoms with E-state index >= 15 is 0 Å². The highest BCUT2D eigenvalue weighted by Crippen LogP contribution is 2.13. The lowest BCUT2D eigenvalue weighted by atomic mass is 10.3. The number of hydrogen-bond acceptors (Lipinski definition) is 4. The van der Waals surface area contributed by atoms with Gasteiger partial charge in [-0.05, 0) is 30.7 Å². The number of nitrogens with one attached hydrogen (secondary N) is 1. The lowest BCUT2D eigenvalue weighted by molar-refractivity contribution is -0.137. The molecule has 110 valence electrons. The van der Waals surface area contributed by atoms with Crippen molar-refractivity contribution in [3.05, 3.63) is 24.3 Å².